The highest BCUT2D eigenvalue weighted by Crippen LogP contribution is 2.43. The van der Waals surface area contributed by atoms with Crippen LogP contribution in [0.15, 0.2) is 66.8 Å². The Hall–Kier alpha value is -3.51. The van der Waals surface area contributed by atoms with E-state index in [9.17, 15) is 9.59 Å². The van der Waals surface area contributed by atoms with Gasteiger partial charge in [-0.2, -0.15) is 0 Å². The van der Waals surface area contributed by atoms with Crippen LogP contribution in [0.3, 0.4) is 0 Å². The molecule has 0 fully saturated rings. The molecule has 7 heteroatoms. The molecule has 3 rings (SSSR count). The molecule has 35 heavy (non-hydrogen) atoms. The molecule has 0 saturated heterocycles. The summed E-state index contributed by atoms with van der Waals surface area (Å²) >= 11 is 6.33. The molecule has 0 heterocycles. The zero-order valence-electron chi connectivity index (χ0n) is 20.4. The van der Waals surface area contributed by atoms with Crippen molar-refractivity contribution in [3.63, 3.8) is 0 Å². The fourth-order valence-electron chi connectivity index (χ4n) is 3.42. The molecule has 0 bridgehead atoms. The van der Waals surface area contributed by atoms with Gasteiger partial charge in [0, 0.05) is 37.7 Å². The SMILES string of the molecule is C=C(C)C(=O)OC(C)COc1c2ccccc2c(OCC(C)OC(=O)C(=C)C)c2cc(Cl)ccc12. The monoisotopic (exact) mass is 496 g/mol. The average molecular weight is 497 g/mol. The van der Waals surface area contributed by atoms with Gasteiger partial charge in [0.25, 0.3) is 0 Å². The predicted molar refractivity (Wildman–Crippen MR) is 138 cm³/mol. The van der Waals surface area contributed by atoms with Gasteiger partial charge in [-0.3, -0.25) is 0 Å². The van der Waals surface area contributed by atoms with Crippen LogP contribution in [0.1, 0.15) is 27.7 Å². The van der Waals surface area contributed by atoms with Gasteiger partial charge in [-0.15, -0.1) is 0 Å². The molecule has 0 aliphatic rings. The lowest BCUT2D eigenvalue weighted by atomic mass is 10.0. The van der Waals surface area contributed by atoms with E-state index >= 15 is 0 Å². The van der Waals surface area contributed by atoms with Gasteiger partial charge in [-0.25, -0.2) is 9.59 Å². The Bertz CT molecular complexity index is 1300. The van der Waals surface area contributed by atoms with E-state index in [0.717, 1.165) is 21.5 Å². The van der Waals surface area contributed by atoms with Crippen LogP contribution in [0, 0.1) is 0 Å². The van der Waals surface area contributed by atoms with Gasteiger partial charge >= 0.3 is 11.9 Å². The Morgan fingerprint density at radius 3 is 1.66 bits per heavy atom. The molecule has 2 unspecified atom stereocenters. The lowest BCUT2D eigenvalue weighted by Crippen LogP contribution is -2.23. The minimum absolute atomic E-state index is 0.138. The molecule has 0 aliphatic heterocycles. The van der Waals surface area contributed by atoms with Crippen molar-refractivity contribution in [3.8, 4) is 11.5 Å². The number of fused-ring (bicyclic) bond motifs is 2. The molecule has 0 spiro atoms. The highest BCUT2D eigenvalue weighted by molar-refractivity contribution is 6.31. The van der Waals surface area contributed by atoms with Crippen molar-refractivity contribution in [2.24, 2.45) is 0 Å². The zero-order chi connectivity index (χ0) is 25.7. The van der Waals surface area contributed by atoms with Crippen LogP contribution in [-0.2, 0) is 19.1 Å². The summed E-state index contributed by atoms with van der Waals surface area (Å²) in [5.41, 5.74) is 0.649. The summed E-state index contributed by atoms with van der Waals surface area (Å²) in [6, 6.07) is 13.1. The van der Waals surface area contributed by atoms with Crippen molar-refractivity contribution in [3.05, 3.63) is 71.8 Å². The highest BCUT2D eigenvalue weighted by atomic mass is 35.5. The summed E-state index contributed by atoms with van der Waals surface area (Å²) in [6.07, 6.45) is -0.980. The molecule has 0 radical (unpaired) electrons. The van der Waals surface area contributed by atoms with Crippen molar-refractivity contribution in [2.75, 3.05) is 13.2 Å². The number of hydrogen-bond donors (Lipinski definition) is 0. The number of ether oxygens (including phenoxy) is 4. The number of carbonyl (C=O) groups is 2. The lowest BCUT2D eigenvalue weighted by Gasteiger charge is -2.21. The molecule has 0 aromatic heterocycles. The van der Waals surface area contributed by atoms with Crippen LogP contribution >= 0.6 is 11.6 Å². The van der Waals surface area contributed by atoms with Crippen LogP contribution in [0.4, 0.5) is 0 Å². The fourth-order valence-corrected chi connectivity index (χ4v) is 3.59. The first-order chi connectivity index (χ1) is 16.6. The number of hydrogen-bond acceptors (Lipinski definition) is 6. The van der Waals surface area contributed by atoms with E-state index in [2.05, 4.69) is 13.2 Å². The maximum Gasteiger partial charge on any atom is 0.333 e. The largest absolute Gasteiger partial charge is 0.488 e. The predicted octanol–water partition coefficient (Wildman–Crippen LogP) is 6.42. The maximum atomic E-state index is 11.9. The van der Waals surface area contributed by atoms with E-state index < -0.39 is 24.1 Å². The van der Waals surface area contributed by atoms with Crippen molar-refractivity contribution >= 4 is 45.1 Å². The average Bonchev–Trinajstić information content (AvgIpc) is 2.80. The minimum atomic E-state index is -0.494. The number of carbonyl (C=O) groups excluding carboxylic acids is 2. The molecule has 0 saturated carbocycles. The third-order valence-electron chi connectivity index (χ3n) is 5.13. The number of halogens is 1. The standard InChI is InChI=1S/C28H29ClO6/c1-16(2)27(30)34-18(5)14-32-25-21-9-7-8-10-22(21)26(24-13-20(29)11-12-23(24)25)33-15-19(6)35-28(31)17(3)4/h7-13,18-19H,1,3,14-15H2,2,4-6H3. The van der Waals surface area contributed by atoms with Gasteiger partial charge in [-0.1, -0.05) is 49.0 Å². The molecule has 2 atom stereocenters. The van der Waals surface area contributed by atoms with Gasteiger partial charge in [0.2, 0.25) is 0 Å². The summed E-state index contributed by atoms with van der Waals surface area (Å²) in [7, 11) is 0. The Kier molecular flexibility index (Phi) is 8.41. The Balaban J connectivity index is 1.98. The van der Waals surface area contributed by atoms with Crippen LogP contribution < -0.4 is 9.47 Å². The van der Waals surface area contributed by atoms with Crippen LogP contribution in [0.2, 0.25) is 5.02 Å². The number of benzene rings is 3. The highest BCUT2D eigenvalue weighted by Gasteiger charge is 2.20. The fraction of sp³-hybridized carbons (Fsp3) is 0.286. The molecule has 3 aromatic carbocycles. The van der Waals surface area contributed by atoms with Crippen LogP contribution in [0.5, 0.6) is 11.5 Å². The van der Waals surface area contributed by atoms with Gasteiger partial charge in [0.15, 0.2) is 0 Å². The molecule has 0 aliphatic carbocycles. The second-order valence-electron chi connectivity index (χ2n) is 8.51. The van der Waals surface area contributed by atoms with Crippen LogP contribution in [0.25, 0.3) is 21.5 Å². The molecule has 184 valence electrons. The summed E-state index contributed by atoms with van der Waals surface area (Å²) < 4.78 is 23.1. The van der Waals surface area contributed by atoms with E-state index in [4.69, 9.17) is 30.5 Å². The topological polar surface area (TPSA) is 71.1 Å². The van der Waals surface area contributed by atoms with Gasteiger partial charge < -0.3 is 18.9 Å². The molecular formula is C28H29ClO6. The third-order valence-corrected chi connectivity index (χ3v) is 5.36. The Morgan fingerprint density at radius 1 is 0.771 bits per heavy atom. The van der Waals surface area contributed by atoms with Gasteiger partial charge in [0.1, 0.15) is 36.9 Å². The second-order valence-corrected chi connectivity index (χ2v) is 8.94. The molecule has 0 amide bonds. The van der Waals surface area contributed by atoms with Crippen molar-refractivity contribution in [1.82, 2.24) is 0 Å². The van der Waals surface area contributed by atoms with E-state index in [0.29, 0.717) is 27.7 Å². The summed E-state index contributed by atoms with van der Waals surface area (Å²) in [5.74, 6) is 0.293. The Morgan fingerprint density at radius 2 is 1.20 bits per heavy atom. The van der Waals surface area contributed by atoms with Crippen LogP contribution in [-0.4, -0.2) is 37.4 Å². The second kappa shape index (κ2) is 11.3. The lowest BCUT2D eigenvalue weighted by molar-refractivity contribution is -0.145. The van der Waals surface area contributed by atoms with Gasteiger partial charge in [-0.05, 0) is 45.9 Å². The summed E-state index contributed by atoms with van der Waals surface area (Å²) in [6.45, 7) is 14.2. The van der Waals surface area contributed by atoms with Gasteiger partial charge in [0.05, 0.1) is 0 Å². The first-order valence-corrected chi connectivity index (χ1v) is 11.6. The molecule has 0 N–H and O–H groups in total. The third kappa shape index (κ3) is 6.34. The summed E-state index contributed by atoms with van der Waals surface area (Å²) in [4.78, 5) is 23.7. The smallest absolute Gasteiger partial charge is 0.333 e. The Labute approximate surface area is 210 Å². The first-order valence-electron chi connectivity index (χ1n) is 11.2. The van der Waals surface area contributed by atoms with E-state index in [1.807, 2.05) is 30.3 Å². The van der Waals surface area contributed by atoms with Crippen molar-refractivity contribution < 1.29 is 28.5 Å². The minimum Gasteiger partial charge on any atom is -0.488 e. The molecule has 3 aromatic rings. The normalized spacial score (nSPS) is 12.6. The molecular weight excluding hydrogens is 468 g/mol. The van der Waals surface area contributed by atoms with E-state index in [-0.39, 0.29) is 13.2 Å². The van der Waals surface area contributed by atoms with Crippen molar-refractivity contribution in [2.45, 2.75) is 39.9 Å². The quantitative estimate of drug-likeness (QED) is 0.183. The van der Waals surface area contributed by atoms with E-state index in [1.165, 1.54) is 0 Å². The summed E-state index contributed by atoms with van der Waals surface area (Å²) in [5, 5.41) is 3.70. The number of esters is 2. The van der Waals surface area contributed by atoms with E-state index in [1.54, 1.807) is 39.8 Å². The number of rotatable bonds is 10. The molecule has 6 nitrogen and oxygen atoms in total. The zero-order valence-corrected chi connectivity index (χ0v) is 21.1. The first kappa shape index (κ1) is 26.1. The maximum absolute atomic E-state index is 11.9. The van der Waals surface area contributed by atoms with Crippen molar-refractivity contribution in [1.29, 1.82) is 0 Å².